The minimum Gasteiger partial charge on any atom is -0.459 e. The largest absolute Gasteiger partial charge is 0.459 e. The highest BCUT2D eigenvalue weighted by molar-refractivity contribution is 7.99. The Kier molecular flexibility index (Phi) is 5.22. The molecule has 1 amide bonds. The first-order valence-corrected chi connectivity index (χ1v) is 8.65. The van der Waals surface area contributed by atoms with Crippen molar-refractivity contribution in [1.29, 1.82) is 5.26 Å². The summed E-state index contributed by atoms with van der Waals surface area (Å²) in [5, 5.41) is 9.05. The molecule has 1 aliphatic heterocycles. The zero-order valence-corrected chi connectivity index (χ0v) is 14.0. The molecule has 0 spiro atoms. The van der Waals surface area contributed by atoms with Gasteiger partial charge in [-0.1, -0.05) is 0 Å². The molecule has 0 aromatic heterocycles. The van der Waals surface area contributed by atoms with Crippen molar-refractivity contribution in [2.45, 2.75) is 57.8 Å². The van der Waals surface area contributed by atoms with Crippen LogP contribution in [0.1, 0.15) is 40.0 Å². The molecule has 7 heteroatoms. The molecule has 2 aliphatic rings. The third-order valence-corrected chi connectivity index (χ3v) is 4.68. The van der Waals surface area contributed by atoms with Crippen molar-refractivity contribution >= 4 is 23.8 Å². The molecule has 0 aromatic carbocycles. The van der Waals surface area contributed by atoms with E-state index in [9.17, 15) is 9.59 Å². The average molecular weight is 326 g/mol. The molecular weight excluding hydrogens is 304 g/mol. The van der Waals surface area contributed by atoms with Crippen LogP contribution in [-0.2, 0) is 14.3 Å². The van der Waals surface area contributed by atoms with Gasteiger partial charge in [0, 0.05) is 5.75 Å². The molecule has 0 N–H and O–H groups in total. The van der Waals surface area contributed by atoms with Crippen LogP contribution >= 0.6 is 11.8 Å². The first-order chi connectivity index (χ1) is 10.3. The summed E-state index contributed by atoms with van der Waals surface area (Å²) in [6.45, 7) is 5.37. The van der Waals surface area contributed by atoms with Gasteiger partial charge in [-0.05, 0) is 40.0 Å². The topological polar surface area (TPSA) is 79.6 Å². The van der Waals surface area contributed by atoms with E-state index in [0.717, 1.165) is 19.3 Å². The molecule has 3 atom stereocenters. The maximum Gasteiger partial charge on any atom is 0.411 e. The van der Waals surface area contributed by atoms with E-state index in [-0.39, 0.29) is 12.0 Å². The van der Waals surface area contributed by atoms with Gasteiger partial charge >= 0.3 is 12.1 Å². The van der Waals surface area contributed by atoms with Crippen LogP contribution in [0.25, 0.3) is 0 Å². The van der Waals surface area contributed by atoms with Gasteiger partial charge in [-0.3, -0.25) is 4.90 Å². The Bertz CT molecular complexity index is 483. The molecule has 2 rings (SSSR count). The van der Waals surface area contributed by atoms with Crippen LogP contribution in [0.4, 0.5) is 4.79 Å². The third-order valence-electron chi connectivity index (χ3n) is 3.67. The number of carbonyl (C=O) groups is 2. The summed E-state index contributed by atoms with van der Waals surface area (Å²) in [5.74, 6) is 0.263. The molecule has 22 heavy (non-hydrogen) atoms. The van der Waals surface area contributed by atoms with E-state index in [1.54, 1.807) is 20.8 Å². The maximum absolute atomic E-state index is 12.3. The summed E-state index contributed by atoms with van der Waals surface area (Å²) < 4.78 is 10.8. The van der Waals surface area contributed by atoms with Gasteiger partial charge in [-0.15, -0.1) is 11.8 Å². The Hall–Kier alpha value is -1.42. The summed E-state index contributed by atoms with van der Waals surface area (Å²) in [4.78, 5) is 25.9. The van der Waals surface area contributed by atoms with Crippen LogP contribution in [0.3, 0.4) is 0 Å². The summed E-state index contributed by atoms with van der Waals surface area (Å²) in [7, 11) is 0. The van der Waals surface area contributed by atoms with Gasteiger partial charge in [0.1, 0.15) is 17.7 Å². The highest BCUT2D eigenvalue weighted by Crippen LogP contribution is 2.30. The van der Waals surface area contributed by atoms with Crippen LogP contribution in [0.15, 0.2) is 0 Å². The van der Waals surface area contributed by atoms with Crippen LogP contribution in [0.5, 0.6) is 0 Å². The van der Waals surface area contributed by atoms with E-state index in [4.69, 9.17) is 14.7 Å². The lowest BCUT2D eigenvalue weighted by atomic mass is 10.1. The molecule has 0 bridgehead atoms. The van der Waals surface area contributed by atoms with Crippen molar-refractivity contribution in [3.05, 3.63) is 0 Å². The van der Waals surface area contributed by atoms with E-state index < -0.39 is 23.7 Å². The van der Waals surface area contributed by atoms with Gasteiger partial charge in [0.05, 0.1) is 17.9 Å². The van der Waals surface area contributed by atoms with Crippen LogP contribution < -0.4 is 0 Å². The number of esters is 1. The molecule has 1 saturated heterocycles. The quantitative estimate of drug-likeness (QED) is 0.726. The number of ether oxygens (including phenoxy) is 2. The van der Waals surface area contributed by atoms with Crippen LogP contribution in [0.2, 0.25) is 0 Å². The molecule has 3 unspecified atom stereocenters. The number of hydrogen-bond donors (Lipinski definition) is 0. The van der Waals surface area contributed by atoms with Gasteiger partial charge in [-0.2, -0.15) is 5.26 Å². The lowest BCUT2D eigenvalue weighted by Crippen LogP contribution is -2.46. The van der Waals surface area contributed by atoms with E-state index in [0.29, 0.717) is 11.6 Å². The molecule has 0 aromatic rings. The lowest BCUT2D eigenvalue weighted by molar-refractivity contribution is -0.154. The number of rotatable bonds is 2. The molecule has 122 valence electrons. The lowest BCUT2D eigenvalue weighted by Gasteiger charge is -2.27. The van der Waals surface area contributed by atoms with Crippen molar-refractivity contribution < 1.29 is 19.1 Å². The van der Waals surface area contributed by atoms with Crippen LogP contribution in [-0.4, -0.2) is 46.3 Å². The second kappa shape index (κ2) is 6.78. The fraction of sp³-hybridized carbons (Fsp3) is 0.800. The monoisotopic (exact) mass is 326 g/mol. The Labute approximate surface area is 135 Å². The SMILES string of the molecule is CC(C)(C)OC(=O)N1CSCC1C(=O)OC1CCCC1C#N. The Morgan fingerprint density at radius 2 is 2.05 bits per heavy atom. The Morgan fingerprint density at radius 3 is 2.68 bits per heavy atom. The van der Waals surface area contributed by atoms with Crippen molar-refractivity contribution in [2.24, 2.45) is 5.92 Å². The summed E-state index contributed by atoms with van der Waals surface area (Å²) in [6, 6.07) is 1.56. The minimum absolute atomic E-state index is 0.229. The number of hydrogen-bond acceptors (Lipinski definition) is 6. The molecule has 0 radical (unpaired) electrons. The fourth-order valence-electron chi connectivity index (χ4n) is 2.58. The molecule has 1 aliphatic carbocycles. The van der Waals surface area contributed by atoms with Gasteiger partial charge in [0.15, 0.2) is 0 Å². The molecular formula is C15H22N2O4S. The van der Waals surface area contributed by atoms with Gasteiger partial charge in [0.25, 0.3) is 0 Å². The van der Waals surface area contributed by atoms with Crippen molar-refractivity contribution in [1.82, 2.24) is 4.90 Å². The van der Waals surface area contributed by atoms with E-state index >= 15 is 0 Å². The molecule has 1 saturated carbocycles. The number of nitriles is 1. The van der Waals surface area contributed by atoms with Gasteiger partial charge < -0.3 is 9.47 Å². The summed E-state index contributed by atoms with van der Waals surface area (Å²) in [5.41, 5.74) is -0.601. The average Bonchev–Trinajstić information content (AvgIpc) is 3.04. The smallest absolute Gasteiger partial charge is 0.411 e. The number of thioether (sulfide) groups is 1. The predicted octanol–water partition coefficient (Wildman–Crippen LogP) is 2.53. The molecule has 6 nitrogen and oxygen atoms in total. The van der Waals surface area contributed by atoms with Crippen molar-refractivity contribution in [2.75, 3.05) is 11.6 Å². The third kappa shape index (κ3) is 4.07. The maximum atomic E-state index is 12.3. The Morgan fingerprint density at radius 1 is 1.32 bits per heavy atom. The number of nitrogens with zero attached hydrogens (tertiary/aromatic N) is 2. The molecule has 1 heterocycles. The predicted molar refractivity (Wildman–Crippen MR) is 82.0 cm³/mol. The minimum atomic E-state index is -0.625. The highest BCUT2D eigenvalue weighted by atomic mass is 32.2. The first kappa shape index (κ1) is 16.9. The highest BCUT2D eigenvalue weighted by Gasteiger charge is 2.40. The zero-order valence-electron chi connectivity index (χ0n) is 13.2. The second-order valence-electron chi connectivity index (χ2n) is 6.61. The summed E-state index contributed by atoms with van der Waals surface area (Å²) in [6.07, 6.45) is 1.54. The van der Waals surface area contributed by atoms with Crippen molar-refractivity contribution in [3.8, 4) is 6.07 Å². The van der Waals surface area contributed by atoms with Gasteiger partial charge in [-0.25, -0.2) is 9.59 Å². The standard InChI is InChI=1S/C15H22N2O4S/c1-15(2,3)21-14(19)17-9-22-8-11(17)13(18)20-12-6-4-5-10(12)7-16/h10-12H,4-6,8-9H2,1-3H3. The van der Waals surface area contributed by atoms with Gasteiger partial charge in [0.2, 0.25) is 0 Å². The second-order valence-corrected chi connectivity index (χ2v) is 7.61. The normalized spacial score (nSPS) is 28.3. The van der Waals surface area contributed by atoms with Crippen LogP contribution in [0, 0.1) is 17.2 Å². The molecule has 2 fully saturated rings. The number of carbonyl (C=O) groups excluding carboxylic acids is 2. The van der Waals surface area contributed by atoms with Crippen molar-refractivity contribution in [3.63, 3.8) is 0 Å². The fourth-order valence-corrected chi connectivity index (χ4v) is 3.71. The first-order valence-electron chi connectivity index (χ1n) is 7.49. The number of amides is 1. The Balaban J connectivity index is 1.96. The van der Waals surface area contributed by atoms with E-state index in [2.05, 4.69) is 6.07 Å². The zero-order chi connectivity index (χ0) is 16.3. The van der Waals surface area contributed by atoms with E-state index in [1.165, 1.54) is 16.7 Å². The summed E-state index contributed by atoms with van der Waals surface area (Å²) >= 11 is 1.50. The van der Waals surface area contributed by atoms with E-state index in [1.807, 2.05) is 0 Å².